The Morgan fingerprint density at radius 2 is 2.27 bits per heavy atom. The molecule has 6 nitrogen and oxygen atoms in total. The molecule has 6 heteroatoms. The summed E-state index contributed by atoms with van der Waals surface area (Å²) in [6, 6.07) is 6.42. The molecule has 0 radical (unpaired) electrons. The van der Waals surface area contributed by atoms with E-state index < -0.39 is 0 Å². The fourth-order valence-corrected chi connectivity index (χ4v) is 3.93. The number of carbonyl (C=O) groups excluding carboxylic acids is 1. The first kappa shape index (κ1) is 16.6. The number of fused-ring (bicyclic) bond motifs is 3. The lowest BCUT2D eigenvalue weighted by Crippen LogP contribution is -2.32. The Bertz CT molecular complexity index is 1060. The van der Waals surface area contributed by atoms with E-state index in [1.54, 1.807) is 6.20 Å². The number of benzene rings is 1. The van der Waals surface area contributed by atoms with Gasteiger partial charge in [-0.25, -0.2) is 4.98 Å². The van der Waals surface area contributed by atoms with Crippen LogP contribution in [-0.2, 0) is 0 Å². The average molecular weight is 348 g/mol. The number of rotatable bonds is 3. The van der Waals surface area contributed by atoms with E-state index in [-0.39, 0.29) is 0 Å². The standard InChI is InChI=1S/C20H20N4O2/c1-12-15(9-21)19-17(14-5-4-7-22-20(14)26-19)18(16(12)11-25)24-8-6-13(10-24)23(2)3/h4-5,7,11,13H,6,8,10H2,1-3H3/t13-/m0/s1. The van der Waals surface area contributed by atoms with Crippen LogP contribution in [0.4, 0.5) is 5.69 Å². The van der Waals surface area contributed by atoms with E-state index >= 15 is 0 Å². The summed E-state index contributed by atoms with van der Waals surface area (Å²) in [5.74, 6) is 0. The SMILES string of the molecule is Cc1c(C=O)c(N2CC[C@H](N(C)C)C2)c2c(oc3ncccc32)c1C#N. The number of pyridine rings is 1. The smallest absolute Gasteiger partial charge is 0.227 e. The third-order valence-electron chi connectivity index (χ3n) is 5.40. The summed E-state index contributed by atoms with van der Waals surface area (Å²) in [5, 5.41) is 11.3. The molecule has 0 spiro atoms. The van der Waals surface area contributed by atoms with Crippen LogP contribution >= 0.6 is 0 Å². The number of hydrogen-bond acceptors (Lipinski definition) is 6. The van der Waals surface area contributed by atoms with E-state index in [4.69, 9.17) is 4.42 Å². The van der Waals surface area contributed by atoms with Crippen LogP contribution in [0.1, 0.15) is 27.9 Å². The van der Waals surface area contributed by atoms with Crippen LogP contribution in [0.15, 0.2) is 22.7 Å². The molecule has 2 aromatic heterocycles. The number of hydrogen-bond donors (Lipinski definition) is 0. The quantitative estimate of drug-likeness (QED) is 0.677. The van der Waals surface area contributed by atoms with Gasteiger partial charge in [0.2, 0.25) is 5.71 Å². The maximum absolute atomic E-state index is 12.0. The highest BCUT2D eigenvalue weighted by Gasteiger charge is 2.31. The fourth-order valence-electron chi connectivity index (χ4n) is 3.93. The van der Waals surface area contributed by atoms with E-state index in [2.05, 4.69) is 34.9 Å². The second kappa shape index (κ2) is 6.11. The second-order valence-electron chi connectivity index (χ2n) is 7.01. The lowest BCUT2D eigenvalue weighted by atomic mass is 9.96. The second-order valence-corrected chi connectivity index (χ2v) is 7.01. The molecule has 0 amide bonds. The van der Waals surface area contributed by atoms with Crippen molar-refractivity contribution in [2.45, 2.75) is 19.4 Å². The minimum absolute atomic E-state index is 0.409. The highest BCUT2D eigenvalue weighted by Crippen LogP contribution is 2.42. The fraction of sp³-hybridized carbons (Fsp3) is 0.350. The Hall–Kier alpha value is -2.91. The Morgan fingerprint density at radius 3 is 2.92 bits per heavy atom. The molecule has 1 atom stereocenters. The number of likely N-dealkylation sites (N-methyl/N-ethyl adjacent to an activating group) is 1. The summed E-state index contributed by atoms with van der Waals surface area (Å²) in [6.07, 6.45) is 3.56. The lowest BCUT2D eigenvalue weighted by Gasteiger charge is -2.24. The van der Waals surface area contributed by atoms with Gasteiger partial charge >= 0.3 is 0 Å². The molecule has 0 N–H and O–H groups in total. The van der Waals surface area contributed by atoms with Gasteiger partial charge < -0.3 is 14.2 Å². The van der Waals surface area contributed by atoms with Crippen molar-refractivity contribution in [3.05, 3.63) is 35.0 Å². The van der Waals surface area contributed by atoms with Crippen molar-refractivity contribution in [3.63, 3.8) is 0 Å². The predicted molar refractivity (Wildman–Crippen MR) is 101 cm³/mol. The van der Waals surface area contributed by atoms with Crippen molar-refractivity contribution in [2.75, 3.05) is 32.1 Å². The highest BCUT2D eigenvalue weighted by atomic mass is 16.3. The molecule has 1 aliphatic heterocycles. The largest absolute Gasteiger partial charge is 0.436 e. The predicted octanol–water partition coefficient (Wildman–Crippen LogP) is 3.11. The van der Waals surface area contributed by atoms with Crippen molar-refractivity contribution < 1.29 is 9.21 Å². The molecule has 26 heavy (non-hydrogen) atoms. The summed E-state index contributed by atoms with van der Waals surface area (Å²) in [6.45, 7) is 3.50. The van der Waals surface area contributed by atoms with Gasteiger partial charge in [-0.05, 0) is 45.1 Å². The number of nitrogens with zero attached hydrogens (tertiary/aromatic N) is 4. The number of nitriles is 1. The monoisotopic (exact) mass is 348 g/mol. The van der Waals surface area contributed by atoms with Crippen LogP contribution < -0.4 is 4.90 Å². The van der Waals surface area contributed by atoms with Crippen molar-refractivity contribution in [1.82, 2.24) is 9.88 Å². The zero-order chi connectivity index (χ0) is 18.4. The topological polar surface area (TPSA) is 73.4 Å². The van der Waals surface area contributed by atoms with E-state index in [1.807, 2.05) is 19.1 Å². The Morgan fingerprint density at radius 1 is 1.46 bits per heavy atom. The molecule has 1 fully saturated rings. The zero-order valence-corrected chi connectivity index (χ0v) is 15.1. The lowest BCUT2D eigenvalue weighted by molar-refractivity contribution is 0.112. The van der Waals surface area contributed by atoms with Crippen LogP contribution in [0.5, 0.6) is 0 Å². The molecule has 3 heterocycles. The van der Waals surface area contributed by atoms with Gasteiger partial charge in [0.15, 0.2) is 11.9 Å². The first-order chi connectivity index (χ1) is 12.6. The van der Waals surface area contributed by atoms with Gasteiger partial charge in [-0.1, -0.05) is 0 Å². The Balaban J connectivity index is 2.08. The van der Waals surface area contributed by atoms with E-state index in [0.29, 0.717) is 34.0 Å². The summed E-state index contributed by atoms with van der Waals surface area (Å²) >= 11 is 0. The number of aldehydes is 1. The van der Waals surface area contributed by atoms with E-state index in [1.165, 1.54) is 0 Å². The number of anilines is 1. The molecular weight excluding hydrogens is 328 g/mol. The van der Waals surface area contributed by atoms with Gasteiger partial charge in [0, 0.05) is 30.9 Å². The van der Waals surface area contributed by atoms with Crippen LogP contribution in [0.2, 0.25) is 0 Å². The molecular formula is C20H20N4O2. The van der Waals surface area contributed by atoms with Gasteiger partial charge in [-0.2, -0.15) is 5.26 Å². The number of carbonyl (C=O) groups is 1. The van der Waals surface area contributed by atoms with Crippen LogP contribution in [0.3, 0.4) is 0 Å². The van der Waals surface area contributed by atoms with E-state index in [9.17, 15) is 10.1 Å². The van der Waals surface area contributed by atoms with Crippen molar-refractivity contribution >= 4 is 34.0 Å². The molecule has 4 rings (SSSR count). The third-order valence-corrected chi connectivity index (χ3v) is 5.40. The first-order valence-electron chi connectivity index (χ1n) is 8.67. The molecule has 0 aliphatic carbocycles. The van der Waals surface area contributed by atoms with E-state index in [0.717, 1.165) is 42.3 Å². The molecule has 1 aromatic carbocycles. The van der Waals surface area contributed by atoms with Crippen molar-refractivity contribution in [3.8, 4) is 6.07 Å². The summed E-state index contributed by atoms with van der Waals surface area (Å²) in [4.78, 5) is 20.8. The normalized spacial score (nSPS) is 17.3. The summed E-state index contributed by atoms with van der Waals surface area (Å²) in [7, 11) is 4.15. The molecule has 0 saturated carbocycles. The van der Waals surface area contributed by atoms with Crippen molar-refractivity contribution in [1.29, 1.82) is 5.26 Å². The zero-order valence-electron chi connectivity index (χ0n) is 15.1. The van der Waals surface area contributed by atoms with Crippen LogP contribution in [0.25, 0.3) is 22.1 Å². The number of furan rings is 1. The van der Waals surface area contributed by atoms with Gasteiger partial charge in [-0.15, -0.1) is 0 Å². The van der Waals surface area contributed by atoms with Crippen molar-refractivity contribution in [2.24, 2.45) is 0 Å². The minimum atomic E-state index is 0.409. The maximum Gasteiger partial charge on any atom is 0.227 e. The number of aromatic nitrogens is 1. The van der Waals surface area contributed by atoms with Gasteiger partial charge in [0.1, 0.15) is 6.07 Å². The molecule has 1 saturated heterocycles. The highest BCUT2D eigenvalue weighted by molar-refractivity contribution is 6.16. The molecule has 1 aliphatic rings. The van der Waals surface area contributed by atoms with Gasteiger partial charge in [-0.3, -0.25) is 4.79 Å². The molecule has 0 unspecified atom stereocenters. The van der Waals surface area contributed by atoms with Gasteiger partial charge in [0.05, 0.1) is 22.0 Å². The summed E-state index contributed by atoms with van der Waals surface area (Å²) < 4.78 is 5.94. The molecule has 3 aromatic rings. The minimum Gasteiger partial charge on any atom is -0.436 e. The summed E-state index contributed by atoms with van der Waals surface area (Å²) in [5.41, 5.74) is 3.52. The molecule has 0 bridgehead atoms. The van der Waals surface area contributed by atoms with Crippen LogP contribution in [0, 0.1) is 18.3 Å². The maximum atomic E-state index is 12.0. The average Bonchev–Trinajstić information content (AvgIpc) is 3.26. The van der Waals surface area contributed by atoms with Crippen LogP contribution in [-0.4, -0.2) is 49.4 Å². The third kappa shape index (κ3) is 2.28. The molecule has 132 valence electrons. The first-order valence-corrected chi connectivity index (χ1v) is 8.67. The van der Waals surface area contributed by atoms with Gasteiger partial charge in [0.25, 0.3) is 0 Å². The Kier molecular flexibility index (Phi) is 3.89. The Labute approximate surface area is 151 Å².